The first-order chi connectivity index (χ1) is 12.7. The summed E-state index contributed by atoms with van der Waals surface area (Å²) in [6.07, 6.45) is 21.2. The number of unbranched alkanes of at least 4 members (excludes halogenated alkanes) is 4. The van der Waals surface area contributed by atoms with Gasteiger partial charge in [0.15, 0.2) is 0 Å². The highest BCUT2D eigenvalue weighted by molar-refractivity contribution is 5.02. The first-order valence-corrected chi connectivity index (χ1v) is 11.7. The lowest BCUT2D eigenvalue weighted by Gasteiger charge is -2.37. The molecule has 2 heteroatoms. The van der Waals surface area contributed by atoms with Crippen LogP contribution in [-0.2, 0) is 4.74 Å². The lowest BCUT2D eigenvalue weighted by atomic mass is 9.71. The summed E-state index contributed by atoms with van der Waals surface area (Å²) in [4.78, 5) is 0. The first-order valence-electron chi connectivity index (χ1n) is 11.7. The minimum atomic E-state index is -0.180. The Hall–Kier alpha value is -0.550. The van der Waals surface area contributed by atoms with Gasteiger partial charge in [-0.25, -0.2) is 0 Å². The predicted octanol–water partition coefficient (Wildman–Crippen LogP) is 7.42. The summed E-state index contributed by atoms with van der Waals surface area (Å²) in [5.41, 5.74) is -0.180. The first kappa shape index (κ1) is 21.7. The maximum atomic E-state index is 9.76. The number of hydrogen-bond donors (Lipinski definition) is 0. The number of nitrogens with zero attached hydrogens (tertiary/aromatic N) is 1. The molecule has 2 aliphatic carbocycles. The van der Waals surface area contributed by atoms with Gasteiger partial charge in [0.2, 0.25) is 0 Å². The standard InChI is InChI=1S/C24H43NO/c1-3-5-6-7-8-10-22-11-13-23(14-12-22)26-20-24(19-25)17-15-21(9-4-2)16-18-24/h21-23H,3-18,20H2,1-2H3. The number of ether oxygens (including phenoxy) is 1. The molecule has 2 fully saturated rings. The summed E-state index contributed by atoms with van der Waals surface area (Å²) in [5, 5.41) is 9.76. The maximum absolute atomic E-state index is 9.76. The molecule has 0 aromatic heterocycles. The molecule has 150 valence electrons. The third-order valence-corrected chi connectivity index (χ3v) is 7.10. The molecule has 26 heavy (non-hydrogen) atoms. The Morgan fingerprint density at radius 2 is 1.46 bits per heavy atom. The van der Waals surface area contributed by atoms with Gasteiger partial charge in [0.1, 0.15) is 0 Å². The van der Waals surface area contributed by atoms with E-state index in [-0.39, 0.29) is 5.41 Å². The summed E-state index contributed by atoms with van der Waals surface area (Å²) in [5.74, 6) is 1.79. The van der Waals surface area contributed by atoms with E-state index in [2.05, 4.69) is 19.9 Å². The van der Waals surface area contributed by atoms with Crippen molar-refractivity contribution in [2.45, 2.75) is 123 Å². The third kappa shape index (κ3) is 7.22. The van der Waals surface area contributed by atoms with Crippen LogP contribution < -0.4 is 0 Å². The summed E-state index contributed by atoms with van der Waals surface area (Å²) in [7, 11) is 0. The van der Waals surface area contributed by atoms with Crippen LogP contribution in [0.4, 0.5) is 0 Å². The quantitative estimate of drug-likeness (QED) is 0.359. The Kier molecular flexibility index (Phi) is 10.1. The molecule has 0 aromatic rings. The minimum Gasteiger partial charge on any atom is -0.377 e. The van der Waals surface area contributed by atoms with Crippen molar-refractivity contribution in [2.75, 3.05) is 6.61 Å². The van der Waals surface area contributed by atoms with Crippen molar-refractivity contribution in [3.05, 3.63) is 0 Å². The van der Waals surface area contributed by atoms with E-state index < -0.39 is 0 Å². The Balaban J connectivity index is 1.61. The number of nitriles is 1. The Morgan fingerprint density at radius 1 is 0.808 bits per heavy atom. The Labute approximate surface area is 163 Å². The van der Waals surface area contributed by atoms with Gasteiger partial charge in [0.25, 0.3) is 0 Å². The zero-order chi connectivity index (χ0) is 18.7. The van der Waals surface area contributed by atoms with Crippen LogP contribution in [0, 0.1) is 28.6 Å². The van der Waals surface area contributed by atoms with Crippen LogP contribution in [-0.4, -0.2) is 12.7 Å². The molecule has 0 aromatic carbocycles. The fraction of sp³-hybridized carbons (Fsp3) is 0.958. The zero-order valence-corrected chi connectivity index (χ0v) is 17.6. The second kappa shape index (κ2) is 12.0. The molecule has 0 aliphatic heterocycles. The van der Waals surface area contributed by atoms with Gasteiger partial charge in [0, 0.05) is 0 Å². The summed E-state index contributed by atoms with van der Waals surface area (Å²) >= 11 is 0. The van der Waals surface area contributed by atoms with Crippen molar-refractivity contribution in [2.24, 2.45) is 17.3 Å². The van der Waals surface area contributed by atoms with Crippen molar-refractivity contribution in [3.63, 3.8) is 0 Å². The van der Waals surface area contributed by atoms with E-state index in [0.29, 0.717) is 12.7 Å². The molecule has 2 nitrogen and oxygen atoms in total. The predicted molar refractivity (Wildman–Crippen MR) is 110 cm³/mol. The van der Waals surface area contributed by atoms with E-state index in [0.717, 1.165) is 24.7 Å². The van der Waals surface area contributed by atoms with Gasteiger partial charge >= 0.3 is 0 Å². The fourth-order valence-corrected chi connectivity index (χ4v) is 5.12. The molecule has 0 bridgehead atoms. The van der Waals surface area contributed by atoms with Crippen LogP contribution >= 0.6 is 0 Å². The van der Waals surface area contributed by atoms with Crippen LogP contribution in [0.2, 0.25) is 0 Å². The monoisotopic (exact) mass is 361 g/mol. The molecule has 2 saturated carbocycles. The molecule has 2 rings (SSSR count). The molecule has 0 heterocycles. The van der Waals surface area contributed by atoms with Gasteiger partial charge in [-0.1, -0.05) is 65.2 Å². The number of rotatable bonds is 11. The van der Waals surface area contributed by atoms with Crippen LogP contribution in [0.25, 0.3) is 0 Å². The lowest BCUT2D eigenvalue weighted by molar-refractivity contribution is -0.0299. The molecule has 0 radical (unpaired) electrons. The van der Waals surface area contributed by atoms with Gasteiger partial charge < -0.3 is 4.74 Å². The zero-order valence-electron chi connectivity index (χ0n) is 17.6. The average molecular weight is 362 g/mol. The van der Waals surface area contributed by atoms with E-state index in [4.69, 9.17) is 4.74 Å². The summed E-state index contributed by atoms with van der Waals surface area (Å²) in [6, 6.07) is 2.65. The van der Waals surface area contributed by atoms with Crippen LogP contribution in [0.15, 0.2) is 0 Å². The minimum absolute atomic E-state index is 0.180. The second-order valence-corrected chi connectivity index (χ2v) is 9.28. The molecule has 2 aliphatic rings. The van der Waals surface area contributed by atoms with E-state index in [1.54, 1.807) is 0 Å². The SMILES string of the molecule is CCCCCCCC1CCC(OCC2(C#N)CCC(CCC)CC2)CC1. The van der Waals surface area contributed by atoms with Crippen molar-refractivity contribution < 1.29 is 4.74 Å². The van der Waals surface area contributed by atoms with Gasteiger partial charge in [-0.3, -0.25) is 0 Å². The Bertz CT molecular complexity index is 397. The van der Waals surface area contributed by atoms with Crippen LogP contribution in [0.1, 0.15) is 117 Å². The van der Waals surface area contributed by atoms with Crippen LogP contribution in [0.3, 0.4) is 0 Å². The van der Waals surface area contributed by atoms with Crippen molar-refractivity contribution >= 4 is 0 Å². The fourth-order valence-electron chi connectivity index (χ4n) is 5.12. The summed E-state index contributed by atoms with van der Waals surface area (Å²) < 4.78 is 6.30. The van der Waals surface area contributed by atoms with E-state index in [1.165, 1.54) is 89.9 Å². The molecule has 0 atom stereocenters. The van der Waals surface area contributed by atoms with Crippen molar-refractivity contribution in [3.8, 4) is 6.07 Å². The van der Waals surface area contributed by atoms with E-state index in [1.807, 2.05) is 0 Å². The maximum Gasteiger partial charge on any atom is 0.0807 e. The highest BCUT2D eigenvalue weighted by atomic mass is 16.5. The summed E-state index contributed by atoms with van der Waals surface area (Å²) in [6.45, 7) is 5.25. The average Bonchev–Trinajstić information content (AvgIpc) is 2.69. The molecule has 0 N–H and O–H groups in total. The van der Waals surface area contributed by atoms with Crippen LogP contribution in [0.5, 0.6) is 0 Å². The molecular formula is C24H43NO. The lowest BCUT2D eigenvalue weighted by Crippen LogP contribution is -2.33. The largest absolute Gasteiger partial charge is 0.377 e. The second-order valence-electron chi connectivity index (χ2n) is 9.28. The smallest absolute Gasteiger partial charge is 0.0807 e. The van der Waals surface area contributed by atoms with Crippen molar-refractivity contribution in [1.29, 1.82) is 5.26 Å². The highest BCUT2D eigenvalue weighted by Crippen LogP contribution is 2.41. The third-order valence-electron chi connectivity index (χ3n) is 7.10. The van der Waals surface area contributed by atoms with Gasteiger partial charge in [-0.15, -0.1) is 0 Å². The molecular weight excluding hydrogens is 318 g/mol. The van der Waals surface area contributed by atoms with Gasteiger partial charge in [-0.2, -0.15) is 5.26 Å². The molecule has 0 saturated heterocycles. The van der Waals surface area contributed by atoms with Crippen molar-refractivity contribution in [1.82, 2.24) is 0 Å². The van der Waals surface area contributed by atoms with Gasteiger partial charge in [-0.05, 0) is 63.2 Å². The Morgan fingerprint density at radius 3 is 2.08 bits per heavy atom. The molecule has 0 spiro atoms. The number of hydrogen-bond acceptors (Lipinski definition) is 2. The van der Waals surface area contributed by atoms with E-state index in [9.17, 15) is 5.26 Å². The van der Waals surface area contributed by atoms with Gasteiger partial charge in [0.05, 0.1) is 24.2 Å². The molecule has 0 unspecified atom stereocenters. The molecule has 0 amide bonds. The normalized spacial score (nSPS) is 32.3. The highest BCUT2D eigenvalue weighted by Gasteiger charge is 2.36. The van der Waals surface area contributed by atoms with E-state index >= 15 is 0 Å². The topological polar surface area (TPSA) is 33.0 Å².